The second kappa shape index (κ2) is 5.70. The Morgan fingerprint density at radius 2 is 1.95 bits per heavy atom. The molecule has 0 unspecified atom stereocenters. The Morgan fingerprint density at radius 3 is 2.40 bits per heavy atom. The molecule has 0 radical (unpaired) electrons. The molecule has 3 N–H and O–H groups in total. The summed E-state index contributed by atoms with van der Waals surface area (Å²) in [7, 11) is 0. The second-order valence-electron chi connectivity index (χ2n) is 5.18. The number of carbonyl (C=O) groups excluding carboxylic acids is 1. The number of primary amides is 1. The molecule has 0 aromatic heterocycles. The average Bonchev–Trinajstić information content (AvgIpc) is 2.35. The van der Waals surface area contributed by atoms with Crippen LogP contribution in [-0.2, 0) is 6.18 Å². The Balaban J connectivity index is 3.06. The summed E-state index contributed by atoms with van der Waals surface area (Å²) in [6.07, 6.45) is -4.56. The number of ether oxygens (including phenoxy) is 1. The molecule has 112 valence electrons. The summed E-state index contributed by atoms with van der Waals surface area (Å²) >= 11 is 0. The molecule has 1 rings (SSSR count). The van der Waals surface area contributed by atoms with Gasteiger partial charge in [-0.15, -0.1) is 0 Å². The highest BCUT2D eigenvalue weighted by Gasteiger charge is 2.32. The van der Waals surface area contributed by atoms with Crippen LogP contribution in [0.15, 0.2) is 18.2 Å². The van der Waals surface area contributed by atoms with Crippen molar-refractivity contribution in [1.29, 1.82) is 0 Å². The molecular formula is C13H16F3NO3. The number of rotatable bonds is 5. The van der Waals surface area contributed by atoms with Crippen molar-refractivity contribution in [2.75, 3.05) is 13.2 Å². The summed E-state index contributed by atoms with van der Waals surface area (Å²) in [5, 5.41) is 9.08. The summed E-state index contributed by atoms with van der Waals surface area (Å²) in [5.74, 6) is -1.04. The fourth-order valence-corrected chi connectivity index (χ4v) is 1.34. The number of aliphatic hydroxyl groups excluding tert-OH is 1. The lowest BCUT2D eigenvalue weighted by molar-refractivity contribution is -0.137. The van der Waals surface area contributed by atoms with E-state index in [9.17, 15) is 18.0 Å². The van der Waals surface area contributed by atoms with Gasteiger partial charge in [0.15, 0.2) is 0 Å². The molecule has 0 saturated heterocycles. The minimum atomic E-state index is -4.56. The lowest BCUT2D eigenvalue weighted by atomic mass is 9.96. The first-order valence-electron chi connectivity index (χ1n) is 5.81. The maximum Gasteiger partial charge on any atom is 0.416 e. The molecule has 0 fully saturated rings. The molecule has 0 saturated carbocycles. The Kier molecular flexibility index (Phi) is 4.65. The Morgan fingerprint density at radius 1 is 1.35 bits per heavy atom. The number of carbonyl (C=O) groups is 1. The van der Waals surface area contributed by atoms with Crippen LogP contribution in [0.4, 0.5) is 13.2 Å². The van der Waals surface area contributed by atoms with E-state index < -0.39 is 23.1 Å². The number of hydrogen-bond donors (Lipinski definition) is 2. The lowest BCUT2D eigenvalue weighted by Crippen LogP contribution is -2.26. The molecule has 0 aliphatic rings. The molecule has 4 nitrogen and oxygen atoms in total. The third kappa shape index (κ3) is 4.12. The van der Waals surface area contributed by atoms with Crippen molar-refractivity contribution in [2.45, 2.75) is 20.0 Å². The van der Waals surface area contributed by atoms with Crippen LogP contribution >= 0.6 is 0 Å². The van der Waals surface area contributed by atoms with Crippen molar-refractivity contribution in [2.24, 2.45) is 11.1 Å². The van der Waals surface area contributed by atoms with Gasteiger partial charge in [0.1, 0.15) is 5.75 Å². The number of hydrogen-bond acceptors (Lipinski definition) is 3. The minimum absolute atomic E-state index is 0.0352. The van der Waals surface area contributed by atoms with E-state index in [1.165, 1.54) is 0 Å². The minimum Gasteiger partial charge on any atom is -0.492 e. The monoisotopic (exact) mass is 291 g/mol. The molecule has 0 spiro atoms. The zero-order chi connectivity index (χ0) is 15.6. The Bertz CT molecular complexity index is 498. The summed E-state index contributed by atoms with van der Waals surface area (Å²) in [6, 6.07) is 2.52. The summed E-state index contributed by atoms with van der Waals surface area (Å²) in [6.45, 7) is 3.29. The molecule has 0 bridgehead atoms. The van der Waals surface area contributed by atoms with E-state index in [1.807, 2.05) is 0 Å². The smallest absolute Gasteiger partial charge is 0.416 e. The van der Waals surface area contributed by atoms with Crippen molar-refractivity contribution in [1.82, 2.24) is 0 Å². The standard InChI is InChI=1S/C13H16F3NO3/c1-12(2,6-18)7-20-10-4-3-8(13(14,15)16)5-9(10)11(17)19/h3-5,18H,6-7H2,1-2H3,(H2,17,19). The fraction of sp³-hybridized carbons (Fsp3) is 0.462. The molecule has 0 aliphatic heterocycles. The van der Waals surface area contributed by atoms with E-state index in [2.05, 4.69) is 0 Å². The van der Waals surface area contributed by atoms with Gasteiger partial charge in [0.25, 0.3) is 5.91 Å². The van der Waals surface area contributed by atoms with Crippen LogP contribution in [0.2, 0.25) is 0 Å². The molecule has 1 aromatic carbocycles. The van der Waals surface area contributed by atoms with Gasteiger partial charge >= 0.3 is 6.18 Å². The molecular weight excluding hydrogens is 275 g/mol. The van der Waals surface area contributed by atoms with Crippen LogP contribution in [0.3, 0.4) is 0 Å². The van der Waals surface area contributed by atoms with Crippen molar-refractivity contribution >= 4 is 5.91 Å². The third-order valence-electron chi connectivity index (χ3n) is 2.62. The number of nitrogens with two attached hydrogens (primary N) is 1. The summed E-state index contributed by atoms with van der Waals surface area (Å²) in [5.41, 5.74) is 3.17. The number of aliphatic hydroxyl groups is 1. The first-order chi connectivity index (χ1) is 9.07. The van der Waals surface area contributed by atoms with Crippen LogP contribution in [-0.4, -0.2) is 24.2 Å². The van der Waals surface area contributed by atoms with Crippen molar-refractivity contribution in [3.8, 4) is 5.75 Å². The quantitative estimate of drug-likeness (QED) is 0.873. The van der Waals surface area contributed by atoms with Crippen molar-refractivity contribution in [3.63, 3.8) is 0 Å². The van der Waals surface area contributed by atoms with E-state index in [4.69, 9.17) is 15.6 Å². The second-order valence-corrected chi connectivity index (χ2v) is 5.18. The molecule has 1 amide bonds. The first kappa shape index (κ1) is 16.3. The van der Waals surface area contributed by atoms with Crippen molar-refractivity contribution < 1.29 is 27.8 Å². The van der Waals surface area contributed by atoms with Gasteiger partial charge in [0, 0.05) is 5.41 Å². The van der Waals surface area contributed by atoms with E-state index in [-0.39, 0.29) is 24.5 Å². The van der Waals surface area contributed by atoms with Crippen LogP contribution in [0, 0.1) is 5.41 Å². The largest absolute Gasteiger partial charge is 0.492 e. The average molecular weight is 291 g/mol. The molecule has 0 aliphatic carbocycles. The van der Waals surface area contributed by atoms with Gasteiger partial charge in [-0.3, -0.25) is 4.79 Å². The summed E-state index contributed by atoms with van der Waals surface area (Å²) < 4.78 is 43.0. The van der Waals surface area contributed by atoms with Gasteiger partial charge in [0.2, 0.25) is 0 Å². The van der Waals surface area contributed by atoms with Gasteiger partial charge in [-0.2, -0.15) is 13.2 Å². The zero-order valence-electron chi connectivity index (χ0n) is 11.1. The lowest BCUT2D eigenvalue weighted by Gasteiger charge is -2.22. The topological polar surface area (TPSA) is 72.6 Å². The molecule has 7 heteroatoms. The number of alkyl halides is 3. The third-order valence-corrected chi connectivity index (χ3v) is 2.62. The number of benzene rings is 1. The van der Waals surface area contributed by atoms with Crippen LogP contribution in [0.5, 0.6) is 5.75 Å². The van der Waals surface area contributed by atoms with E-state index in [1.54, 1.807) is 13.8 Å². The predicted octanol–water partition coefficient (Wildman–Crippen LogP) is 2.20. The normalized spacial score (nSPS) is 12.3. The number of halogens is 3. The molecule has 20 heavy (non-hydrogen) atoms. The van der Waals surface area contributed by atoms with Crippen LogP contribution < -0.4 is 10.5 Å². The zero-order valence-corrected chi connectivity index (χ0v) is 11.1. The van der Waals surface area contributed by atoms with Crippen LogP contribution in [0.25, 0.3) is 0 Å². The Hall–Kier alpha value is -1.76. The van der Waals surface area contributed by atoms with E-state index in [0.29, 0.717) is 6.07 Å². The van der Waals surface area contributed by atoms with E-state index >= 15 is 0 Å². The van der Waals surface area contributed by atoms with Gasteiger partial charge in [-0.05, 0) is 18.2 Å². The van der Waals surface area contributed by atoms with Crippen molar-refractivity contribution in [3.05, 3.63) is 29.3 Å². The van der Waals surface area contributed by atoms with Gasteiger partial charge in [-0.25, -0.2) is 0 Å². The molecule has 0 atom stereocenters. The van der Waals surface area contributed by atoms with Gasteiger partial charge in [0.05, 0.1) is 24.3 Å². The summed E-state index contributed by atoms with van der Waals surface area (Å²) in [4.78, 5) is 11.2. The maximum absolute atomic E-state index is 12.6. The highest BCUT2D eigenvalue weighted by atomic mass is 19.4. The SMILES string of the molecule is CC(C)(CO)COc1ccc(C(F)(F)F)cc1C(N)=O. The van der Waals surface area contributed by atoms with E-state index in [0.717, 1.165) is 12.1 Å². The molecule has 0 heterocycles. The highest BCUT2D eigenvalue weighted by molar-refractivity contribution is 5.95. The fourth-order valence-electron chi connectivity index (χ4n) is 1.34. The van der Waals surface area contributed by atoms with Gasteiger partial charge in [-0.1, -0.05) is 13.8 Å². The molecule has 1 aromatic rings. The maximum atomic E-state index is 12.6. The number of amides is 1. The van der Waals surface area contributed by atoms with Gasteiger partial charge < -0.3 is 15.6 Å². The Labute approximate surface area is 114 Å². The predicted molar refractivity (Wildman–Crippen MR) is 66.3 cm³/mol. The highest BCUT2D eigenvalue weighted by Crippen LogP contribution is 2.33. The van der Waals surface area contributed by atoms with Crippen LogP contribution in [0.1, 0.15) is 29.8 Å². The first-order valence-corrected chi connectivity index (χ1v) is 5.81.